The van der Waals surface area contributed by atoms with E-state index in [1.807, 2.05) is 0 Å². The Labute approximate surface area is 92.9 Å². The van der Waals surface area contributed by atoms with Crippen molar-refractivity contribution < 1.29 is 23.8 Å². The SMILES string of the molecule is COCOc1ccc(OCC=O)c(C=O)c1. The molecule has 1 aromatic rings. The monoisotopic (exact) mass is 224 g/mol. The van der Waals surface area contributed by atoms with E-state index >= 15 is 0 Å². The fourth-order valence-electron chi connectivity index (χ4n) is 1.09. The van der Waals surface area contributed by atoms with Gasteiger partial charge in [-0.25, -0.2) is 0 Å². The quantitative estimate of drug-likeness (QED) is 0.512. The van der Waals surface area contributed by atoms with Gasteiger partial charge in [0.25, 0.3) is 0 Å². The molecule has 0 saturated heterocycles. The number of carbonyl (C=O) groups is 2. The van der Waals surface area contributed by atoms with Crippen molar-refractivity contribution in [1.82, 2.24) is 0 Å². The highest BCUT2D eigenvalue weighted by atomic mass is 16.7. The first-order valence-electron chi connectivity index (χ1n) is 4.59. The first kappa shape index (κ1) is 12.2. The standard InChI is InChI=1S/C11H12O5/c1-14-8-16-10-2-3-11(15-5-4-12)9(6-10)7-13/h2-4,6-7H,5,8H2,1H3. The van der Waals surface area contributed by atoms with Crippen molar-refractivity contribution in [1.29, 1.82) is 0 Å². The van der Waals surface area contributed by atoms with E-state index in [0.29, 0.717) is 29.6 Å². The van der Waals surface area contributed by atoms with E-state index in [0.717, 1.165) is 0 Å². The van der Waals surface area contributed by atoms with Gasteiger partial charge in [-0.1, -0.05) is 0 Å². The molecular weight excluding hydrogens is 212 g/mol. The van der Waals surface area contributed by atoms with Crippen LogP contribution in [0.3, 0.4) is 0 Å². The Morgan fingerprint density at radius 3 is 2.69 bits per heavy atom. The fraction of sp³-hybridized carbons (Fsp3) is 0.273. The molecule has 0 bridgehead atoms. The maximum atomic E-state index is 10.8. The van der Waals surface area contributed by atoms with Crippen LogP contribution in [0, 0.1) is 0 Å². The molecule has 0 saturated carbocycles. The first-order chi connectivity index (χ1) is 7.81. The van der Waals surface area contributed by atoms with Gasteiger partial charge in [-0.3, -0.25) is 9.59 Å². The molecule has 0 spiro atoms. The number of aldehydes is 2. The van der Waals surface area contributed by atoms with Crippen LogP contribution < -0.4 is 9.47 Å². The van der Waals surface area contributed by atoms with Gasteiger partial charge in [0.2, 0.25) is 0 Å². The van der Waals surface area contributed by atoms with Crippen LogP contribution in [-0.4, -0.2) is 33.1 Å². The van der Waals surface area contributed by atoms with E-state index in [1.165, 1.54) is 13.2 Å². The normalized spacial score (nSPS) is 9.56. The van der Waals surface area contributed by atoms with Crippen molar-refractivity contribution in [2.24, 2.45) is 0 Å². The average molecular weight is 224 g/mol. The Bertz CT molecular complexity index is 361. The Balaban J connectivity index is 2.79. The molecule has 0 N–H and O–H groups in total. The summed E-state index contributed by atoms with van der Waals surface area (Å²) >= 11 is 0. The Morgan fingerprint density at radius 1 is 1.25 bits per heavy atom. The van der Waals surface area contributed by atoms with Gasteiger partial charge in [0.05, 0.1) is 5.56 Å². The zero-order chi connectivity index (χ0) is 11.8. The summed E-state index contributed by atoms with van der Waals surface area (Å²) in [6.45, 7) is 0.0198. The molecule has 0 unspecified atom stereocenters. The summed E-state index contributed by atoms with van der Waals surface area (Å²) < 4.78 is 14.9. The number of rotatable bonds is 7. The minimum Gasteiger partial charge on any atom is -0.485 e. The second-order valence-electron chi connectivity index (χ2n) is 2.85. The highest BCUT2D eigenvalue weighted by Crippen LogP contribution is 2.22. The topological polar surface area (TPSA) is 61.8 Å². The Hall–Kier alpha value is -1.88. The molecule has 0 amide bonds. The van der Waals surface area contributed by atoms with E-state index in [1.54, 1.807) is 12.1 Å². The zero-order valence-electron chi connectivity index (χ0n) is 8.84. The molecule has 0 radical (unpaired) electrons. The van der Waals surface area contributed by atoms with Crippen molar-refractivity contribution in [2.75, 3.05) is 20.5 Å². The second kappa shape index (κ2) is 6.58. The minimum absolute atomic E-state index is 0.0842. The molecule has 5 nitrogen and oxygen atoms in total. The molecule has 5 heteroatoms. The van der Waals surface area contributed by atoms with Gasteiger partial charge < -0.3 is 14.2 Å². The first-order valence-corrected chi connectivity index (χ1v) is 4.59. The zero-order valence-corrected chi connectivity index (χ0v) is 8.84. The average Bonchev–Trinajstić information content (AvgIpc) is 2.34. The summed E-state index contributed by atoms with van der Waals surface area (Å²) in [7, 11) is 1.50. The molecule has 0 fully saturated rings. The van der Waals surface area contributed by atoms with Crippen LogP contribution in [0.25, 0.3) is 0 Å². The summed E-state index contributed by atoms with van der Waals surface area (Å²) in [4.78, 5) is 20.9. The highest BCUT2D eigenvalue weighted by Gasteiger charge is 2.05. The lowest BCUT2D eigenvalue weighted by molar-refractivity contribution is -0.109. The third-order valence-corrected chi connectivity index (χ3v) is 1.76. The van der Waals surface area contributed by atoms with Gasteiger partial charge in [0.15, 0.2) is 19.4 Å². The molecule has 0 atom stereocenters. The number of hydrogen-bond acceptors (Lipinski definition) is 5. The number of benzene rings is 1. The summed E-state index contributed by atoms with van der Waals surface area (Å²) in [5.41, 5.74) is 0.329. The van der Waals surface area contributed by atoms with E-state index in [9.17, 15) is 9.59 Å². The molecule has 86 valence electrons. The molecule has 0 aliphatic carbocycles. The maximum Gasteiger partial charge on any atom is 0.188 e. The number of carbonyl (C=O) groups excluding carboxylic acids is 2. The third kappa shape index (κ3) is 3.36. The van der Waals surface area contributed by atoms with E-state index in [2.05, 4.69) is 0 Å². The second-order valence-corrected chi connectivity index (χ2v) is 2.85. The van der Waals surface area contributed by atoms with Crippen LogP contribution in [0.1, 0.15) is 10.4 Å². The Morgan fingerprint density at radius 2 is 2.06 bits per heavy atom. The predicted molar refractivity (Wildman–Crippen MR) is 55.9 cm³/mol. The lowest BCUT2D eigenvalue weighted by atomic mass is 10.2. The van der Waals surface area contributed by atoms with Crippen LogP contribution in [0.4, 0.5) is 0 Å². The fourth-order valence-corrected chi connectivity index (χ4v) is 1.09. The lowest BCUT2D eigenvalue weighted by Crippen LogP contribution is -2.02. The molecule has 1 rings (SSSR count). The van der Waals surface area contributed by atoms with Crippen LogP contribution in [0.2, 0.25) is 0 Å². The largest absolute Gasteiger partial charge is 0.485 e. The van der Waals surface area contributed by atoms with Crippen molar-refractivity contribution >= 4 is 12.6 Å². The van der Waals surface area contributed by atoms with Gasteiger partial charge in [0.1, 0.15) is 18.1 Å². The van der Waals surface area contributed by atoms with Crippen LogP contribution in [0.15, 0.2) is 18.2 Å². The molecule has 16 heavy (non-hydrogen) atoms. The molecule has 0 aliphatic rings. The van der Waals surface area contributed by atoms with Crippen LogP contribution in [-0.2, 0) is 9.53 Å². The predicted octanol–water partition coefficient (Wildman–Crippen LogP) is 1.06. The van der Waals surface area contributed by atoms with Crippen molar-refractivity contribution in [3.05, 3.63) is 23.8 Å². The Kier molecular flexibility index (Phi) is 5.01. The number of hydrogen-bond donors (Lipinski definition) is 0. The van der Waals surface area contributed by atoms with Gasteiger partial charge in [-0.15, -0.1) is 0 Å². The van der Waals surface area contributed by atoms with Crippen LogP contribution in [0.5, 0.6) is 11.5 Å². The molecular formula is C11H12O5. The summed E-state index contributed by atoms with van der Waals surface area (Å²) in [6, 6.07) is 4.72. The van der Waals surface area contributed by atoms with Crippen molar-refractivity contribution in [3.8, 4) is 11.5 Å². The molecule has 1 aromatic carbocycles. The lowest BCUT2D eigenvalue weighted by Gasteiger charge is -2.08. The van der Waals surface area contributed by atoms with E-state index in [4.69, 9.17) is 14.2 Å². The summed E-state index contributed by atoms with van der Waals surface area (Å²) in [6.07, 6.45) is 1.25. The van der Waals surface area contributed by atoms with Gasteiger partial charge >= 0.3 is 0 Å². The molecule has 0 aromatic heterocycles. The third-order valence-electron chi connectivity index (χ3n) is 1.76. The smallest absolute Gasteiger partial charge is 0.188 e. The molecule has 0 aliphatic heterocycles. The summed E-state index contributed by atoms with van der Waals surface area (Å²) in [5.74, 6) is 0.856. The van der Waals surface area contributed by atoms with E-state index in [-0.39, 0.29) is 13.4 Å². The van der Waals surface area contributed by atoms with Crippen molar-refractivity contribution in [2.45, 2.75) is 0 Å². The van der Waals surface area contributed by atoms with Crippen molar-refractivity contribution in [3.63, 3.8) is 0 Å². The van der Waals surface area contributed by atoms with Gasteiger partial charge in [-0.05, 0) is 18.2 Å². The summed E-state index contributed by atoms with van der Waals surface area (Å²) in [5, 5.41) is 0. The minimum atomic E-state index is -0.0842. The maximum absolute atomic E-state index is 10.8. The number of methoxy groups -OCH3 is 1. The highest BCUT2D eigenvalue weighted by molar-refractivity contribution is 5.80. The van der Waals surface area contributed by atoms with Crippen LogP contribution >= 0.6 is 0 Å². The molecule has 0 heterocycles. The van der Waals surface area contributed by atoms with E-state index < -0.39 is 0 Å². The van der Waals surface area contributed by atoms with Gasteiger partial charge in [0, 0.05) is 7.11 Å². The van der Waals surface area contributed by atoms with Gasteiger partial charge in [-0.2, -0.15) is 0 Å². The number of ether oxygens (including phenoxy) is 3.